The highest BCUT2D eigenvalue weighted by Gasteiger charge is 2.13. The zero-order valence-corrected chi connectivity index (χ0v) is 11.2. The second-order valence-electron chi connectivity index (χ2n) is 3.74. The fraction of sp³-hybridized carbons (Fsp3) is 0.0714. The monoisotopic (exact) mass is 288 g/mol. The van der Waals surface area contributed by atoms with E-state index in [1.807, 2.05) is 6.07 Å². The van der Waals surface area contributed by atoms with Crippen molar-refractivity contribution in [1.29, 1.82) is 5.26 Å². The van der Waals surface area contributed by atoms with Gasteiger partial charge in [0, 0.05) is 12.3 Å². The maximum absolute atomic E-state index is 11.9. The highest BCUT2D eigenvalue weighted by Crippen LogP contribution is 2.28. The van der Waals surface area contributed by atoms with Gasteiger partial charge in [-0.2, -0.15) is 5.26 Å². The fourth-order valence-electron chi connectivity index (χ4n) is 1.48. The normalized spacial score (nSPS) is 9.65. The van der Waals surface area contributed by atoms with E-state index in [1.54, 1.807) is 0 Å². The summed E-state index contributed by atoms with van der Waals surface area (Å²) in [6, 6.07) is 9.50. The van der Waals surface area contributed by atoms with Crippen LogP contribution < -0.4 is 9.47 Å². The van der Waals surface area contributed by atoms with E-state index in [0.29, 0.717) is 11.3 Å². The van der Waals surface area contributed by atoms with Crippen LogP contribution in [0.2, 0.25) is 5.15 Å². The first-order valence-corrected chi connectivity index (χ1v) is 5.93. The van der Waals surface area contributed by atoms with Crippen LogP contribution in [0.25, 0.3) is 0 Å². The van der Waals surface area contributed by atoms with E-state index in [2.05, 4.69) is 4.98 Å². The number of hydrogen-bond acceptors (Lipinski definition) is 5. The molecule has 0 saturated carbocycles. The molecule has 2 aromatic rings. The Balaban J connectivity index is 2.23. The molecular weight excluding hydrogens is 280 g/mol. The van der Waals surface area contributed by atoms with Crippen LogP contribution >= 0.6 is 11.6 Å². The van der Waals surface area contributed by atoms with E-state index >= 15 is 0 Å². The molecule has 0 atom stereocenters. The molecule has 0 aliphatic rings. The number of nitriles is 1. The van der Waals surface area contributed by atoms with Gasteiger partial charge in [-0.05, 0) is 24.3 Å². The molecule has 5 nitrogen and oxygen atoms in total. The Labute approximate surface area is 120 Å². The number of methoxy groups -OCH3 is 1. The molecule has 2 rings (SSSR count). The molecule has 0 radical (unpaired) electrons. The summed E-state index contributed by atoms with van der Waals surface area (Å²) in [6.07, 6.45) is 1.32. The summed E-state index contributed by atoms with van der Waals surface area (Å²) in [6.45, 7) is 0. The third kappa shape index (κ3) is 3.05. The number of pyridine rings is 1. The fourth-order valence-corrected chi connectivity index (χ4v) is 1.59. The number of halogens is 1. The number of aromatic nitrogens is 1. The van der Waals surface area contributed by atoms with Crippen molar-refractivity contribution >= 4 is 17.6 Å². The summed E-state index contributed by atoms with van der Waals surface area (Å²) in [4.78, 5) is 15.7. The van der Waals surface area contributed by atoms with Gasteiger partial charge in [-0.3, -0.25) is 0 Å². The van der Waals surface area contributed by atoms with Crippen molar-refractivity contribution in [1.82, 2.24) is 4.98 Å². The molecule has 0 N–H and O–H groups in total. The van der Waals surface area contributed by atoms with E-state index in [9.17, 15) is 4.79 Å². The summed E-state index contributed by atoms with van der Waals surface area (Å²) >= 11 is 5.64. The van der Waals surface area contributed by atoms with Crippen LogP contribution in [0, 0.1) is 11.3 Å². The van der Waals surface area contributed by atoms with Crippen LogP contribution in [-0.4, -0.2) is 18.1 Å². The predicted molar refractivity (Wildman–Crippen MR) is 71.9 cm³/mol. The number of benzene rings is 1. The standard InChI is InChI=1S/C14H9ClN2O3/c1-19-12-6-9(7-16)2-4-11(12)20-14(18)10-3-5-13(15)17-8-10/h2-6,8H,1H3. The smallest absolute Gasteiger partial charge is 0.345 e. The maximum atomic E-state index is 11.9. The lowest BCUT2D eigenvalue weighted by Gasteiger charge is -2.09. The molecule has 0 fully saturated rings. The minimum atomic E-state index is -0.586. The summed E-state index contributed by atoms with van der Waals surface area (Å²) in [7, 11) is 1.43. The van der Waals surface area contributed by atoms with Gasteiger partial charge >= 0.3 is 5.97 Å². The molecule has 0 aliphatic heterocycles. The van der Waals surface area contributed by atoms with Crippen molar-refractivity contribution in [2.75, 3.05) is 7.11 Å². The van der Waals surface area contributed by atoms with E-state index < -0.39 is 5.97 Å². The summed E-state index contributed by atoms with van der Waals surface area (Å²) in [5.74, 6) is -0.0528. The van der Waals surface area contributed by atoms with Crippen LogP contribution in [0.15, 0.2) is 36.5 Å². The molecule has 20 heavy (non-hydrogen) atoms. The van der Waals surface area contributed by atoms with Gasteiger partial charge in [-0.1, -0.05) is 11.6 Å². The highest BCUT2D eigenvalue weighted by atomic mass is 35.5. The largest absolute Gasteiger partial charge is 0.493 e. The summed E-state index contributed by atoms with van der Waals surface area (Å²) < 4.78 is 10.3. The van der Waals surface area contributed by atoms with E-state index in [-0.39, 0.29) is 16.5 Å². The molecule has 0 spiro atoms. The Kier molecular flexibility index (Phi) is 4.18. The zero-order chi connectivity index (χ0) is 14.5. The quantitative estimate of drug-likeness (QED) is 0.493. The number of carbonyl (C=O) groups excluding carboxylic acids is 1. The van der Waals surface area contributed by atoms with Crippen molar-refractivity contribution in [3.63, 3.8) is 0 Å². The number of hydrogen-bond donors (Lipinski definition) is 0. The first kappa shape index (κ1) is 13.8. The zero-order valence-electron chi connectivity index (χ0n) is 10.5. The van der Waals surface area contributed by atoms with E-state index in [0.717, 1.165) is 0 Å². The molecule has 0 unspecified atom stereocenters. The third-order valence-electron chi connectivity index (χ3n) is 2.46. The van der Waals surface area contributed by atoms with Crippen molar-refractivity contribution in [3.05, 3.63) is 52.8 Å². The Morgan fingerprint density at radius 1 is 1.30 bits per heavy atom. The lowest BCUT2D eigenvalue weighted by molar-refractivity contribution is 0.0729. The van der Waals surface area contributed by atoms with Crippen molar-refractivity contribution in [3.8, 4) is 17.6 Å². The molecule has 1 aromatic carbocycles. The Hall–Kier alpha value is -2.58. The van der Waals surface area contributed by atoms with Gasteiger partial charge in [0.2, 0.25) is 0 Å². The van der Waals surface area contributed by atoms with Gasteiger partial charge in [0.15, 0.2) is 11.5 Å². The molecule has 0 aliphatic carbocycles. The Morgan fingerprint density at radius 3 is 2.70 bits per heavy atom. The summed E-state index contributed by atoms with van der Waals surface area (Å²) in [5.41, 5.74) is 0.677. The number of rotatable bonds is 3. The van der Waals surface area contributed by atoms with E-state index in [1.165, 1.54) is 43.6 Å². The molecule has 0 bridgehead atoms. The van der Waals surface area contributed by atoms with Crippen LogP contribution in [0.3, 0.4) is 0 Å². The first-order valence-electron chi connectivity index (χ1n) is 5.56. The maximum Gasteiger partial charge on any atom is 0.345 e. The average molecular weight is 289 g/mol. The minimum Gasteiger partial charge on any atom is -0.493 e. The molecule has 1 heterocycles. The van der Waals surface area contributed by atoms with Crippen LogP contribution in [0.1, 0.15) is 15.9 Å². The number of carbonyl (C=O) groups is 1. The lowest BCUT2D eigenvalue weighted by Crippen LogP contribution is -2.09. The number of ether oxygens (including phenoxy) is 2. The van der Waals surface area contributed by atoms with Gasteiger partial charge < -0.3 is 9.47 Å². The lowest BCUT2D eigenvalue weighted by atomic mass is 10.2. The molecule has 1 aromatic heterocycles. The van der Waals surface area contributed by atoms with Gasteiger partial charge in [0.1, 0.15) is 5.15 Å². The summed E-state index contributed by atoms with van der Waals surface area (Å²) in [5, 5.41) is 9.09. The van der Waals surface area contributed by atoms with Crippen LogP contribution in [0.4, 0.5) is 0 Å². The average Bonchev–Trinajstić information content (AvgIpc) is 2.48. The second kappa shape index (κ2) is 6.04. The number of nitrogens with zero attached hydrogens (tertiary/aromatic N) is 2. The van der Waals surface area contributed by atoms with Gasteiger partial charge in [0.05, 0.1) is 24.3 Å². The molecular formula is C14H9ClN2O3. The topological polar surface area (TPSA) is 72.2 Å². The van der Waals surface area contributed by atoms with Gasteiger partial charge in [0.25, 0.3) is 0 Å². The highest BCUT2D eigenvalue weighted by molar-refractivity contribution is 6.29. The Bertz CT molecular complexity index is 678. The van der Waals surface area contributed by atoms with Crippen molar-refractivity contribution < 1.29 is 14.3 Å². The number of esters is 1. The van der Waals surface area contributed by atoms with Gasteiger partial charge in [-0.15, -0.1) is 0 Å². The van der Waals surface area contributed by atoms with E-state index in [4.69, 9.17) is 26.3 Å². The van der Waals surface area contributed by atoms with Crippen LogP contribution in [0.5, 0.6) is 11.5 Å². The predicted octanol–water partition coefficient (Wildman–Crippen LogP) is 2.83. The van der Waals surface area contributed by atoms with Crippen molar-refractivity contribution in [2.45, 2.75) is 0 Å². The van der Waals surface area contributed by atoms with Crippen molar-refractivity contribution in [2.24, 2.45) is 0 Å². The second-order valence-corrected chi connectivity index (χ2v) is 4.12. The minimum absolute atomic E-state index is 0.228. The van der Waals surface area contributed by atoms with Gasteiger partial charge in [-0.25, -0.2) is 9.78 Å². The molecule has 0 saturated heterocycles. The molecule has 6 heteroatoms. The third-order valence-corrected chi connectivity index (χ3v) is 2.68. The molecule has 100 valence electrons. The van der Waals surface area contributed by atoms with Crippen LogP contribution in [-0.2, 0) is 0 Å². The Morgan fingerprint density at radius 2 is 2.10 bits per heavy atom. The first-order chi connectivity index (χ1) is 9.63. The molecule has 0 amide bonds. The SMILES string of the molecule is COc1cc(C#N)ccc1OC(=O)c1ccc(Cl)nc1.